The van der Waals surface area contributed by atoms with Crippen LogP contribution in [0, 0.1) is 0 Å². The molecule has 1 amide bonds. The summed E-state index contributed by atoms with van der Waals surface area (Å²) in [5.41, 5.74) is 2.28. The van der Waals surface area contributed by atoms with Crippen molar-refractivity contribution in [2.45, 2.75) is 55.9 Å². The minimum atomic E-state index is -3.38. The molecule has 30 heavy (non-hydrogen) atoms. The van der Waals surface area contributed by atoms with E-state index in [9.17, 15) is 13.2 Å². The Morgan fingerprint density at radius 2 is 1.57 bits per heavy atom. The maximum atomic E-state index is 12.8. The van der Waals surface area contributed by atoms with Crippen LogP contribution in [0.5, 0.6) is 0 Å². The van der Waals surface area contributed by atoms with Gasteiger partial charge in [-0.3, -0.25) is 4.79 Å². The van der Waals surface area contributed by atoms with Crippen molar-refractivity contribution in [2.24, 2.45) is 0 Å². The van der Waals surface area contributed by atoms with Crippen molar-refractivity contribution in [3.05, 3.63) is 65.7 Å². The molecule has 2 aromatic carbocycles. The van der Waals surface area contributed by atoms with Crippen LogP contribution in [0.2, 0.25) is 0 Å². The molecular formula is C24H30N2O3S. The summed E-state index contributed by atoms with van der Waals surface area (Å²) < 4.78 is 26.8. The van der Waals surface area contributed by atoms with E-state index in [2.05, 4.69) is 12.1 Å². The molecule has 0 bridgehead atoms. The van der Waals surface area contributed by atoms with Gasteiger partial charge in [-0.05, 0) is 61.8 Å². The molecule has 1 unspecified atom stereocenters. The van der Waals surface area contributed by atoms with Crippen LogP contribution in [-0.2, 0) is 27.7 Å². The molecular weight excluding hydrogens is 396 g/mol. The molecule has 0 aliphatic carbocycles. The molecule has 0 spiro atoms. The predicted molar refractivity (Wildman–Crippen MR) is 118 cm³/mol. The van der Waals surface area contributed by atoms with Crippen LogP contribution < -0.4 is 0 Å². The second-order valence-electron chi connectivity index (χ2n) is 8.33. The highest BCUT2D eigenvalue weighted by molar-refractivity contribution is 7.89. The second-order valence-corrected chi connectivity index (χ2v) is 10.3. The molecule has 2 saturated heterocycles. The Bertz CT molecular complexity index is 952. The summed E-state index contributed by atoms with van der Waals surface area (Å²) in [5, 5.41) is 0. The molecule has 160 valence electrons. The summed E-state index contributed by atoms with van der Waals surface area (Å²) in [6, 6.07) is 17.7. The molecule has 0 radical (unpaired) electrons. The van der Waals surface area contributed by atoms with Gasteiger partial charge in [-0.2, -0.15) is 4.31 Å². The smallest absolute Gasteiger partial charge is 0.243 e. The first-order valence-electron chi connectivity index (χ1n) is 11.0. The number of aryl methyl sites for hydroxylation is 1. The third-order valence-corrected chi connectivity index (χ3v) is 8.18. The van der Waals surface area contributed by atoms with Gasteiger partial charge in [0.25, 0.3) is 0 Å². The molecule has 4 rings (SSSR count). The number of amides is 1. The summed E-state index contributed by atoms with van der Waals surface area (Å²) in [7, 11) is -3.38. The van der Waals surface area contributed by atoms with Gasteiger partial charge in [0.2, 0.25) is 15.9 Å². The number of likely N-dealkylation sites (tertiary alicyclic amines) is 1. The topological polar surface area (TPSA) is 57.7 Å². The molecule has 2 aliphatic heterocycles. The number of nitrogens with zero attached hydrogens (tertiary/aromatic N) is 2. The van der Waals surface area contributed by atoms with E-state index >= 15 is 0 Å². The Balaban J connectivity index is 1.33. The van der Waals surface area contributed by atoms with Crippen LogP contribution >= 0.6 is 0 Å². The van der Waals surface area contributed by atoms with Crippen molar-refractivity contribution in [2.75, 3.05) is 19.6 Å². The lowest BCUT2D eigenvalue weighted by molar-refractivity contribution is -0.131. The van der Waals surface area contributed by atoms with Gasteiger partial charge < -0.3 is 4.90 Å². The third-order valence-electron chi connectivity index (χ3n) is 6.27. The predicted octanol–water partition coefficient (Wildman–Crippen LogP) is 3.64. The van der Waals surface area contributed by atoms with Crippen LogP contribution in [-0.4, -0.2) is 49.2 Å². The van der Waals surface area contributed by atoms with Gasteiger partial charge in [0, 0.05) is 32.1 Å². The minimum absolute atomic E-state index is 0.196. The summed E-state index contributed by atoms with van der Waals surface area (Å²) in [4.78, 5) is 15.2. The van der Waals surface area contributed by atoms with E-state index in [1.54, 1.807) is 16.4 Å². The summed E-state index contributed by atoms with van der Waals surface area (Å²) in [6.07, 6.45) is 5.99. The van der Waals surface area contributed by atoms with E-state index in [4.69, 9.17) is 0 Å². The largest absolute Gasteiger partial charge is 0.339 e. The van der Waals surface area contributed by atoms with Crippen LogP contribution in [0.25, 0.3) is 0 Å². The lowest BCUT2D eigenvalue weighted by Crippen LogP contribution is -2.36. The minimum Gasteiger partial charge on any atom is -0.339 e. The maximum absolute atomic E-state index is 12.8. The number of hydrogen-bond acceptors (Lipinski definition) is 3. The Hall–Kier alpha value is -2.18. The number of sulfonamides is 1. The number of carbonyl (C=O) groups is 1. The normalized spacial score (nSPS) is 20.0. The fourth-order valence-electron chi connectivity index (χ4n) is 4.56. The first-order chi connectivity index (χ1) is 14.5. The Labute approximate surface area is 179 Å². The van der Waals surface area contributed by atoms with Crippen molar-refractivity contribution in [1.82, 2.24) is 9.21 Å². The standard InChI is InChI=1S/C24H30N2O3S/c27-24(26-18-6-9-22(26)19-21-7-2-1-3-8-21)15-12-20-10-13-23(14-11-20)30(28,29)25-16-4-5-17-25/h1-3,7-8,10-11,13-14,22H,4-6,9,12,15-19H2. The zero-order chi connectivity index (χ0) is 21.0. The zero-order valence-electron chi connectivity index (χ0n) is 17.4. The Morgan fingerprint density at radius 3 is 2.27 bits per heavy atom. The fourth-order valence-corrected chi connectivity index (χ4v) is 6.08. The van der Waals surface area contributed by atoms with E-state index in [0.717, 1.165) is 44.2 Å². The third kappa shape index (κ3) is 4.76. The molecule has 2 heterocycles. The molecule has 2 aliphatic rings. The van der Waals surface area contributed by atoms with Gasteiger partial charge in [-0.1, -0.05) is 42.5 Å². The number of benzene rings is 2. The van der Waals surface area contributed by atoms with Crippen molar-refractivity contribution in [3.8, 4) is 0 Å². The van der Waals surface area contributed by atoms with Crippen LogP contribution in [0.15, 0.2) is 59.5 Å². The van der Waals surface area contributed by atoms with Crippen molar-refractivity contribution in [1.29, 1.82) is 0 Å². The van der Waals surface area contributed by atoms with E-state index in [1.807, 2.05) is 35.2 Å². The highest BCUT2D eigenvalue weighted by Gasteiger charge is 2.29. The fraction of sp³-hybridized carbons (Fsp3) is 0.458. The summed E-state index contributed by atoms with van der Waals surface area (Å²) in [5.74, 6) is 0.196. The molecule has 2 fully saturated rings. The monoisotopic (exact) mass is 426 g/mol. The number of hydrogen-bond donors (Lipinski definition) is 0. The van der Waals surface area contributed by atoms with E-state index < -0.39 is 10.0 Å². The van der Waals surface area contributed by atoms with Gasteiger partial charge in [-0.25, -0.2) is 8.42 Å². The molecule has 2 aromatic rings. The molecule has 6 heteroatoms. The summed E-state index contributed by atoms with van der Waals surface area (Å²) in [6.45, 7) is 2.06. The maximum Gasteiger partial charge on any atom is 0.243 e. The van der Waals surface area contributed by atoms with E-state index in [0.29, 0.717) is 30.8 Å². The molecule has 5 nitrogen and oxygen atoms in total. The number of rotatable bonds is 7. The molecule has 0 aromatic heterocycles. The van der Waals surface area contributed by atoms with Crippen LogP contribution in [0.1, 0.15) is 43.2 Å². The zero-order valence-corrected chi connectivity index (χ0v) is 18.2. The average Bonchev–Trinajstić information content (AvgIpc) is 3.46. The SMILES string of the molecule is O=C(CCc1ccc(S(=O)(=O)N2CCCC2)cc1)N1CCCC1Cc1ccccc1. The molecule has 0 N–H and O–H groups in total. The average molecular weight is 427 g/mol. The second kappa shape index (κ2) is 9.31. The van der Waals surface area contributed by atoms with Gasteiger partial charge >= 0.3 is 0 Å². The Kier molecular flexibility index (Phi) is 6.54. The van der Waals surface area contributed by atoms with Crippen molar-refractivity contribution in [3.63, 3.8) is 0 Å². The lowest BCUT2D eigenvalue weighted by atomic mass is 10.0. The van der Waals surface area contributed by atoms with Gasteiger partial charge in [0.05, 0.1) is 4.90 Å². The number of carbonyl (C=O) groups excluding carboxylic acids is 1. The Morgan fingerprint density at radius 1 is 0.867 bits per heavy atom. The summed E-state index contributed by atoms with van der Waals surface area (Å²) >= 11 is 0. The highest BCUT2D eigenvalue weighted by Crippen LogP contribution is 2.24. The quantitative estimate of drug-likeness (QED) is 0.679. The molecule has 1 atom stereocenters. The van der Waals surface area contributed by atoms with Gasteiger partial charge in [-0.15, -0.1) is 0 Å². The van der Waals surface area contributed by atoms with Crippen molar-refractivity contribution >= 4 is 15.9 Å². The van der Waals surface area contributed by atoms with Gasteiger partial charge in [0.1, 0.15) is 0 Å². The van der Waals surface area contributed by atoms with E-state index in [1.165, 1.54) is 5.56 Å². The lowest BCUT2D eigenvalue weighted by Gasteiger charge is -2.25. The van der Waals surface area contributed by atoms with Crippen LogP contribution in [0.3, 0.4) is 0 Å². The van der Waals surface area contributed by atoms with E-state index in [-0.39, 0.29) is 11.9 Å². The van der Waals surface area contributed by atoms with Crippen molar-refractivity contribution < 1.29 is 13.2 Å². The first-order valence-corrected chi connectivity index (χ1v) is 12.4. The molecule has 0 saturated carbocycles. The van der Waals surface area contributed by atoms with Gasteiger partial charge in [0.15, 0.2) is 0 Å². The highest BCUT2D eigenvalue weighted by atomic mass is 32.2. The first kappa shape index (κ1) is 21.1. The van der Waals surface area contributed by atoms with Crippen LogP contribution in [0.4, 0.5) is 0 Å².